The largest absolute Gasteiger partial charge is 0.338 e. The first-order chi connectivity index (χ1) is 12.6. The van der Waals surface area contributed by atoms with Crippen molar-refractivity contribution in [3.63, 3.8) is 0 Å². The third kappa shape index (κ3) is 4.56. The number of rotatable bonds is 4. The molecule has 3 rings (SSSR count). The van der Waals surface area contributed by atoms with Gasteiger partial charge in [-0.15, -0.1) is 0 Å². The normalized spacial score (nSPS) is 14.7. The highest BCUT2D eigenvalue weighted by Crippen LogP contribution is 2.16. The molecule has 1 aromatic heterocycles. The second kappa shape index (κ2) is 8.42. The standard InChI is InChI=1S/C19H21FN4O2/c20-17-7-2-1-6-16(17)18(25)24-11-8-14(9-12-24)23-19(26)22-13-15-5-3-4-10-21-15/h1-7,10,14H,8-9,11-13H2,(H2,22,23,26). The van der Waals surface area contributed by atoms with E-state index >= 15 is 0 Å². The lowest BCUT2D eigenvalue weighted by atomic mass is 10.0. The summed E-state index contributed by atoms with van der Waals surface area (Å²) >= 11 is 0. The molecule has 6 nitrogen and oxygen atoms in total. The second-order valence-corrected chi connectivity index (χ2v) is 6.19. The van der Waals surface area contributed by atoms with Crippen molar-refractivity contribution in [2.45, 2.75) is 25.4 Å². The molecule has 0 saturated carbocycles. The summed E-state index contributed by atoms with van der Waals surface area (Å²) < 4.78 is 13.8. The Morgan fingerprint density at radius 3 is 2.54 bits per heavy atom. The van der Waals surface area contributed by atoms with Crippen LogP contribution in [0.15, 0.2) is 48.7 Å². The molecule has 0 radical (unpaired) electrons. The molecule has 7 heteroatoms. The van der Waals surface area contributed by atoms with Gasteiger partial charge in [0.25, 0.3) is 5.91 Å². The molecule has 1 aliphatic heterocycles. The third-order valence-corrected chi connectivity index (χ3v) is 4.38. The SMILES string of the molecule is O=C(NCc1ccccn1)NC1CCN(C(=O)c2ccccc2F)CC1. The maximum atomic E-state index is 13.8. The van der Waals surface area contributed by atoms with Gasteiger partial charge in [-0.05, 0) is 37.1 Å². The molecule has 0 spiro atoms. The molecule has 0 bridgehead atoms. The Balaban J connectivity index is 1.44. The van der Waals surface area contributed by atoms with Gasteiger partial charge in [-0.2, -0.15) is 0 Å². The predicted octanol–water partition coefficient (Wildman–Crippen LogP) is 2.32. The quantitative estimate of drug-likeness (QED) is 0.883. The highest BCUT2D eigenvalue weighted by Gasteiger charge is 2.25. The van der Waals surface area contributed by atoms with E-state index in [0.717, 1.165) is 5.69 Å². The van der Waals surface area contributed by atoms with Crippen LogP contribution in [0.5, 0.6) is 0 Å². The van der Waals surface area contributed by atoms with Gasteiger partial charge >= 0.3 is 6.03 Å². The second-order valence-electron chi connectivity index (χ2n) is 6.19. The van der Waals surface area contributed by atoms with Crippen LogP contribution in [0.2, 0.25) is 0 Å². The summed E-state index contributed by atoms with van der Waals surface area (Å²) in [6, 6.07) is 11.2. The lowest BCUT2D eigenvalue weighted by molar-refractivity contribution is 0.0703. The number of urea groups is 1. The van der Waals surface area contributed by atoms with Gasteiger partial charge in [-0.25, -0.2) is 9.18 Å². The van der Waals surface area contributed by atoms with Crippen molar-refractivity contribution in [3.05, 3.63) is 65.7 Å². The van der Waals surface area contributed by atoms with Gasteiger partial charge in [0.15, 0.2) is 0 Å². The average Bonchev–Trinajstić information content (AvgIpc) is 2.68. The molecule has 26 heavy (non-hydrogen) atoms. The number of pyridine rings is 1. The van der Waals surface area contributed by atoms with E-state index in [-0.39, 0.29) is 23.5 Å². The fourth-order valence-electron chi connectivity index (χ4n) is 2.94. The van der Waals surface area contributed by atoms with Gasteiger partial charge in [0.1, 0.15) is 5.82 Å². The van der Waals surface area contributed by atoms with Crippen LogP contribution in [0, 0.1) is 5.82 Å². The van der Waals surface area contributed by atoms with Crippen molar-refractivity contribution in [2.24, 2.45) is 0 Å². The molecule has 1 fully saturated rings. The highest BCUT2D eigenvalue weighted by molar-refractivity contribution is 5.94. The maximum absolute atomic E-state index is 13.8. The van der Waals surface area contributed by atoms with E-state index in [1.54, 1.807) is 23.2 Å². The molecule has 2 aromatic rings. The first-order valence-corrected chi connectivity index (χ1v) is 8.61. The molecule has 1 aliphatic rings. The zero-order valence-electron chi connectivity index (χ0n) is 14.3. The molecular formula is C19H21FN4O2. The van der Waals surface area contributed by atoms with E-state index < -0.39 is 5.82 Å². The van der Waals surface area contributed by atoms with Crippen LogP contribution in [0.25, 0.3) is 0 Å². The number of carbonyl (C=O) groups is 2. The fraction of sp³-hybridized carbons (Fsp3) is 0.316. The minimum atomic E-state index is -0.508. The number of likely N-dealkylation sites (tertiary alicyclic amines) is 1. The van der Waals surface area contributed by atoms with E-state index in [1.807, 2.05) is 18.2 Å². The van der Waals surface area contributed by atoms with Crippen LogP contribution in [0.1, 0.15) is 28.9 Å². The number of hydrogen-bond donors (Lipinski definition) is 2. The molecule has 2 heterocycles. The summed E-state index contributed by atoms with van der Waals surface area (Å²) in [5, 5.41) is 5.68. The summed E-state index contributed by atoms with van der Waals surface area (Å²) in [5.41, 5.74) is 0.875. The van der Waals surface area contributed by atoms with Crippen LogP contribution in [-0.4, -0.2) is 41.0 Å². The Bertz CT molecular complexity index is 761. The van der Waals surface area contributed by atoms with Gasteiger partial charge in [-0.3, -0.25) is 9.78 Å². The Morgan fingerprint density at radius 2 is 1.85 bits per heavy atom. The van der Waals surface area contributed by atoms with Crippen LogP contribution in [0.4, 0.5) is 9.18 Å². The topological polar surface area (TPSA) is 74.3 Å². The lowest BCUT2D eigenvalue weighted by Gasteiger charge is -2.32. The van der Waals surface area contributed by atoms with Gasteiger partial charge in [0, 0.05) is 25.3 Å². The predicted molar refractivity (Wildman–Crippen MR) is 94.9 cm³/mol. The molecule has 0 unspecified atom stereocenters. The van der Waals surface area contributed by atoms with Crippen LogP contribution >= 0.6 is 0 Å². The number of hydrogen-bond acceptors (Lipinski definition) is 3. The average molecular weight is 356 g/mol. The first-order valence-electron chi connectivity index (χ1n) is 8.61. The summed E-state index contributed by atoms with van der Waals surface area (Å²) in [4.78, 5) is 30.1. The van der Waals surface area contributed by atoms with Gasteiger partial charge in [0.05, 0.1) is 17.8 Å². The number of amides is 3. The van der Waals surface area contributed by atoms with E-state index in [2.05, 4.69) is 15.6 Å². The van der Waals surface area contributed by atoms with Gasteiger partial charge in [-0.1, -0.05) is 18.2 Å². The van der Waals surface area contributed by atoms with E-state index in [0.29, 0.717) is 32.5 Å². The Labute approximate surface area is 151 Å². The molecule has 3 amide bonds. The minimum absolute atomic E-state index is 0.0107. The molecule has 1 aromatic carbocycles. The number of piperidine rings is 1. The maximum Gasteiger partial charge on any atom is 0.315 e. The molecule has 0 atom stereocenters. The summed E-state index contributed by atoms with van der Waals surface area (Å²) in [6.07, 6.45) is 2.95. The Kier molecular flexibility index (Phi) is 5.78. The zero-order chi connectivity index (χ0) is 18.4. The van der Waals surface area contributed by atoms with Gasteiger partial charge in [0.2, 0.25) is 0 Å². The number of nitrogens with zero attached hydrogens (tertiary/aromatic N) is 2. The number of nitrogens with one attached hydrogen (secondary N) is 2. The molecule has 1 saturated heterocycles. The Morgan fingerprint density at radius 1 is 1.12 bits per heavy atom. The molecular weight excluding hydrogens is 335 g/mol. The van der Waals surface area contributed by atoms with E-state index in [4.69, 9.17) is 0 Å². The zero-order valence-corrected chi connectivity index (χ0v) is 14.3. The number of carbonyl (C=O) groups excluding carboxylic acids is 2. The monoisotopic (exact) mass is 356 g/mol. The van der Waals surface area contributed by atoms with Crippen LogP contribution < -0.4 is 10.6 Å². The van der Waals surface area contributed by atoms with E-state index in [1.165, 1.54) is 12.1 Å². The number of benzene rings is 1. The summed E-state index contributed by atoms with van der Waals surface area (Å²) in [6.45, 7) is 1.33. The Hall–Kier alpha value is -2.96. The highest BCUT2D eigenvalue weighted by atomic mass is 19.1. The number of halogens is 1. The van der Waals surface area contributed by atoms with Crippen molar-refractivity contribution in [2.75, 3.05) is 13.1 Å². The minimum Gasteiger partial charge on any atom is -0.338 e. The van der Waals surface area contributed by atoms with Crippen molar-refractivity contribution in [1.29, 1.82) is 0 Å². The summed E-state index contributed by atoms with van der Waals surface area (Å²) in [7, 11) is 0. The van der Waals surface area contributed by atoms with Crippen LogP contribution in [0.3, 0.4) is 0 Å². The van der Waals surface area contributed by atoms with Crippen molar-refractivity contribution in [3.8, 4) is 0 Å². The fourth-order valence-corrected chi connectivity index (χ4v) is 2.94. The van der Waals surface area contributed by atoms with Crippen molar-refractivity contribution >= 4 is 11.9 Å². The lowest BCUT2D eigenvalue weighted by Crippen LogP contribution is -2.49. The van der Waals surface area contributed by atoms with Crippen LogP contribution in [-0.2, 0) is 6.54 Å². The molecule has 2 N–H and O–H groups in total. The van der Waals surface area contributed by atoms with E-state index in [9.17, 15) is 14.0 Å². The number of aromatic nitrogens is 1. The molecule has 0 aliphatic carbocycles. The third-order valence-electron chi connectivity index (χ3n) is 4.38. The van der Waals surface area contributed by atoms with Crippen molar-refractivity contribution < 1.29 is 14.0 Å². The van der Waals surface area contributed by atoms with Gasteiger partial charge < -0.3 is 15.5 Å². The summed E-state index contributed by atoms with van der Waals surface area (Å²) in [5.74, 6) is -0.812. The smallest absolute Gasteiger partial charge is 0.315 e. The molecule has 136 valence electrons. The van der Waals surface area contributed by atoms with Crippen molar-refractivity contribution in [1.82, 2.24) is 20.5 Å². The first kappa shape index (κ1) is 17.8.